The third kappa shape index (κ3) is 6.39. The molecule has 0 aromatic heterocycles. The maximum Gasteiger partial charge on any atom is 0.285 e. The molecule has 0 fully saturated rings. The average Bonchev–Trinajstić information content (AvgIpc) is 2.84. The molecule has 2 rings (SSSR count). The number of carbonyl (C=O) groups is 2. The van der Waals surface area contributed by atoms with Crippen LogP contribution in [-0.4, -0.2) is 47.5 Å². The van der Waals surface area contributed by atoms with E-state index in [4.69, 9.17) is 36.9 Å². The van der Waals surface area contributed by atoms with Crippen LogP contribution in [0.4, 0.5) is 0 Å². The second-order valence-corrected chi connectivity index (χ2v) is 23.9. The Bertz CT molecular complexity index is 1270. The van der Waals surface area contributed by atoms with Crippen molar-refractivity contribution in [2.45, 2.75) is 95.9 Å². The van der Waals surface area contributed by atoms with Crippen molar-refractivity contribution in [1.29, 1.82) is 0 Å². The number of benzene rings is 2. The fourth-order valence-corrected chi connectivity index (χ4v) is 7.74. The maximum absolute atomic E-state index is 15.1. The third-order valence-electron chi connectivity index (χ3n) is 8.79. The van der Waals surface area contributed by atoms with Crippen LogP contribution in [0.3, 0.4) is 0 Å². The molecule has 2 atom stereocenters. The van der Waals surface area contributed by atoms with Crippen molar-refractivity contribution in [3.05, 3.63) is 69.7 Å². The molecule has 0 aliphatic heterocycles. The van der Waals surface area contributed by atoms with Crippen LogP contribution in [0.2, 0.25) is 46.3 Å². The zero-order chi connectivity index (χ0) is 31.8. The number of halogens is 2. The molecule has 0 N–H and O–H groups in total. The van der Waals surface area contributed by atoms with Gasteiger partial charge in [-0.05, 0) is 55.3 Å². The highest BCUT2D eigenvalue weighted by atomic mass is 35.5. The first-order valence-electron chi connectivity index (χ1n) is 13.8. The Morgan fingerprint density at radius 3 is 1.37 bits per heavy atom. The minimum absolute atomic E-state index is 0.251. The lowest BCUT2D eigenvalue weighted by Crippen LogP contribution is -2.70. The molecule has 0 saturated carbocycles. The van der Waals surface area contributed by atoms with Crippen LogP contribution in [0.25, 0.3) is 0 Å². The molecule has 1 amide bonds. The second kappa shape index (κ2) is 12.2. The summed E-state index contributed by atoms with van der Waals surface area (Å²) in [4.78, 5) is 35.2. The second-order valence-electron chi connectivity index (χ2n) is 13.6. The summed E-state index contributed by atoms with van der Waals surface area (Å²) in [5, 5.41) is 0.880. The zero-order valence-electron chi connectivity index (χ0n) is 26.9. The van der Waals surface area contributed by atoms with Gasteiger partial charge in [0.1, 0.15) is 0 Å². The van der Waals surface area contributed by atoms with Crippen LogP contribution in [0.5, 0.6) is 0 Å². The summed E-state index contributed by atoms with van der Waals surface area (Å²) in [6.45, 7) is 22.0. The van der Waals surface area contributed by atoms with Crippen molar-refractivity contribution in [2.24, 2.45) is 0 Å². The van der Waals surface area contributed by atoms with E-state index >= 15 is 4.79 Å². The van der Waals surface area contributed by atoms with Crippen LogP contribution >= 0.6 is 23.2 Å². The number of hydrogen-bond acceptors (Lipinski definition) is 5. The van der Waals surface area contributed by atoms with E-state index in [0.29, 0.717) is 11.1 Å². The highest BCUT2D eigenvalue weighted by Crippen LogP contribution is 2.57. The Morgan fingerprint density at radius 1 is 0.707 bits per heavy atom. The van der Waals surface area contributed by atoms with Gasteiger partial charge in [0, 0.05) is 28.2 Å². The van der Waals surface area contributed by atoms with Crippen LogP contribution in [0, 0.1) is 0 Å². The van der Waals surface area contributed by atoms with Gasteiger partial charge in [-0.3, -0.25) is 14.4 Å². The zero-order valence-corrected chi connectivity index (χ0v) is 30.4. The molecule has 0 radical (unpaired) electrons. The molecule has 0 aliphatic carbocycles. The first-order valence-corrected chi connectivity index (χ1v) is 20.3. The number of hydroxylamine groups is 2. The lowest BCUT2D eigenvalue weighted by Gasteiger charge is -2.56. The first kappa shape index (κ1) is 35.7. The Morgan fingerprint density at radius 2 is 1.05 bits per heavy atom. The maximum atomic E-state index is 15.1. The summed E-state index contributed by atoms with van der Waals surface area (Å²) >= 11 is 13.9. The number of amides is 1. The Hall–Kier alpha value is -1.53. The number of Topliss-reactive ketones (excluding diaryl/α,β-unsaturated/α-hetero) is 1. The fraction of sp³-hybridized carbons (Fsp3) is 0.548. The van der Waals surface area contributed by atoms with Gasteiger partial charge in [-0.15, -0.1) is 0 Å². The highest BCUT2D eigenvalue weighted by molar-refractivity contribution is 6.75. The molecule has 0 saturated heterocycles. The molecule has 0 heterocycles. The monoisotopic (exact) mass is 639 g/mol. The van der Waals surface area contributed by atoms with Crippen molar-refractivity contribution in [3.8, 4) is 0 Å². The number of rotatable bonds is 10. The quantitative estimate of drug-likeness (QED) is 0.192. The summed E-state index contributed by atoms with van der Waals surface area (Å²) in [6, 6.07) is 13.9. The van der Waals surface area contributed by atoms with Crippen molar-refractivity contribution in [3.63, 3.8) is 0 Å². The summed E-state index contributed by atoms with van der Waals surface area (Å²) in [7, 11) is -2.91. The van der Waals surface area contributed by atoms with Crippen molar-refractivity contribution >= 4 is 51.5 Å². The van der Waals surface area contributed by atoms with E-state index in [2.05, 4.69) is 41.5 Å². The van der Waals surface area contributed by atoms with Gasteiger partial charge in [0.15, 0.2) is 28.0 Å². The van der Waals surface area contributed by atoms with Gasteiger partial charge in [-0.2, -0.15) is 0 Å². The van der Waals surface area contributed by atoms with Crippen molar-refractivity contribution in [2.75, 3.05) is 14.2 Å². The van der Waals surface area contributed by atoms with Gasteiger partial charge in [-0.1, -0.05) is 101 Å². The average molecular weight is 641 g/mol. The van der Waals surface area contributed by atoms with Gasteiger partial charge < -0.3 is 8.85 Å². The van der Waals surface area contributed by atoms with Crippen LogP contribution in [-0.2, 0) is 34.5 Å². The van der Waals surface area contributed by atoms with E-state index in [-0.39, 0.29) is 20.1 Å². The number of hydrogen-bond donors (Lipinski definition) is 0. The number of nitrogens with zero attached hydrogens (tertiary/aromatic N) is 1. The number of likely N-dealkylation sites (N-methyl/N-ethyl adjacent to an activating group) is 1. The molecule has 0 spiro atoms. The molecular weight excluding hydrogens is 593 g/mol. The molecule has 228 valence electrons. The molecule has 0 unspecified atom stereocenters. The van der Waals surface area contributed by atoms with Gasteiger partial charge in [0.05, 0.1) is 7.11 Å². The summed E-state index contributed by atoms with van der Waals surface area (Å²) in [6.07, 6.45) is 0. The van der Waals surface area contributed by atoms with E-state index in [1.807, 2.05) is 26.2 Å². The van der Waals surface area contributed by atoms with E-state index in [1.54, 1.807) is 48.5 Å². The fourth-order valence-electron chi connectivity index (χ4n) is 4.32. The van der Waals surface area contributed by atoms with E-state index in [1.165, 1.54) is 21.1 Å². The van der Waals surface area contributed by atoms with Gasteiger partial charge in [0.25, 0.3) is 5.91 Å². The molecule has 2 aromatic rings. The topological polar surface area (TPSA) is 65.1 Å². The highest BCUT2D eigenvalue weighted by Gasteiger charge is 2.70. The molecule has 0 bridgehead atoms. The molecule has 10 heteroatoms. The lowest BCUT2D eigenvalue weighted by atomic mass is 9.70. The van der Waals surface area contributed by atoms with E-state index < -0.39 is 39.5 Å². The van der Waals surface area contributed by atoms with Gasteiger partial charge in [0.2, 0.25) is 5.60 Å². The molecule has 6 nitrogen and oxygen atoms in total. The Labute approximate surface area is 258 Å². The minimum atomic E-state index is -2.92. The molecule has 41 heavy (non-hydrogen) atoms. The van der Waals surface area contributed by atoms with Gasteiger partial charge >= 0.3 is 0 Å². The van der Waals surface area contributed by atoms with E-state index in [9.17, 15) is 4.79 Å². The van der Waals surface area contributed by atoms with Crippen molar-refractivity contribution < 1.29 is 23.3 Å². The molecule has 2 aromatic carbocycles. The SMILES string of the molecule is CON(C)C(=O)[C@@](O[Si](C)(C)C(C)(C)C)(c1ccccc1Cl)[C@@](O[Si](C)(C)C(C)(C)C)(C(C)=O)c1ccccc1Cl. The Kier molecular flexibility index (Phi) is 10.6. The predicted octanol–water partition coefficient (Wildman–Crippen LogP) is 8.74. The minimum Gasteiger partial charge on any atom is -0.398 e. The number of carbonyl (C=O) groups excluding carboxylic acids is 2. The van der Waals surface area contributed by atoms with Crippen molar-refractivity contribution in [1.82, 2.24) is 5.06 Å². The lowest BCUT2D eigenvalue weighted by molar-refractivity contribution is -0.213. The van der Waals surface area contributed by atoms with Crippen LogP contribution in [0.1, 0.15) is 59.6 Å². The van der Waals surface area contributed by atoms with Crippen LogP contribution in [0.15, 0.2) is 48.5 Å². The van der Waals surface area contributed by atoms with Crippen LogP contribution < -0.4 is 0 Å². The third-order valence-corrected chi connectivity index (χ3v) is 18.3. The normalized spacial score (nSPS) is 16.1. The predicted molar refractivity (Wildman–Crippen MR) is 173 cm³/mol. The largest absolute Gasteiger partial charge is 0.398 e. The summed E-state index contributed by atoms with van der Waals surface area (Å²) in [5.41, 5.74) is -3.53. The number of ketones is 1. The molecular formula is C31H47Cl2NO5Si2. The smallest absolute Gasteiger partial charge is 0.285 e. The summed E-state index contributed by atoms with van der Waals surface area (Å²) in [5.74, 6) is -1.07. The standard InChI is InChI=1S/C31H47Cl2NO5Si2/c1-22(35)30(23-18-14-16-20-25(23)32,38-40(10,11)28(2,3)4)31(27(36)34(8)37-9,24-19-15-17-21-26(24)33)39-41(12,13)29(5,6)7/h14-21H,1-13H3/t30-,31+/m1/s1. The Balaban J connectivity index is 3.44. The molecule has 0 aliphatic rings. The van der Waals surface area contributed by atoms with E-state index in [0.717, 1.165) is 5.06 Å². The van der Waals surface area contributed by atoms with Gasteiger partial charge in [-0.25, -0.2) is 5.06 Å². The first-order chi connectivity index (χ1) is 18.5. The summed E-state index contributed by atoms with van der Waals surface area (Å²) < 4.78 is 14.6.